The van der Waals surface area contributed by atoms with E-state index in [0.717, 1.165) is 16.8 Å². The molecule has 0 saturated heterocycles. The summed E-state index contributed by atoms with van der Waals surface area (Å²) < 4.78 is 0. The third-order valence-corrected chi connectivity index (χ3v) is 2.75. The van der Waals surface area contributed by atoms with Crippen molar-refractivity contribution in [2.24, 2.45) is 27.2 Å². The highest BCUT2D eigenvalue weighted by Gasteiger charge is 2.04. The molecule has 2 aromatic carbocycles. The Morgan fingerprint density at radius 3 is 2.20 bits per heavy atom. The van der Waals surface area contributed by atoms with Crippen molar-refractivity contribution in [1.29, 1.82) is 0 Å². The minimum Gasteiger partial charge on any atom is -0.370 e. The van der Waals surface area contributed by atoms with E-state index < -0.39 is 0 Å². The maximum atomic E-state index is 5.68. The molecule has 2 aromatic rings. The number of aryl methyl sites for hydroxylation is 1. The smallest absolute Gasteiger partial charge is 0.223 e. The molecule has 0 atom stereocenters. The molecule has 0 spiro atoms. The number of aliphatic imine (C=N–C) groups is 2. The van der Waals surface area contributed by atoms with E-state index in [9.17, 15) is 0 Å². The van der Waals surface area contributed by atoms with E-state index in [1.807, 2.05) is 43.3 Å². The first-order chi connectivity index (χ1) is 9.56. The van der Waals surface area contributed by atoms with E-state index in [2.05, 4.69) is 22.1 Å². The first-order valence-electron chi connectivity index (χ1n) is 6.16. The molecule has 5 nitrogen and oxygen atoms in total. The highest BCUT2D eigenvalue weighted by atomic mass is 15.1. The van der Waals surface area contributed by atoms with Gasteiger partial charge >= 0.3 is 0 Å². The second-order valence-corrected chi connectivity index (χ2v) is 4.39. The van der Waals surface area contributed by atoms with E-state index in [1.54, 1.807) is 0 Å². The zero-order valence-electron chi connectivity index (χ0n) is 11.2. The van der Waals surface area contributed by atoms with Crippen LogP contribution in [0.25, 0.3) is 11.1 Å². The SMILES string of the molecule is Cc1ccc(-c2ccccc2N=C(N)N=C(N)N)cc1. The van der Waals surface area contributed by atoms with Crippen LogP contribution in [0, 0.1) is 6.92 Å². The Bertz CT molecular complexity index is 652. The van der Waals surface area contributed by atoms with Crippen molar-refractivity contribution in [2.45, 2.75) is 6.92 Å². The van der Waals surface area contributed by atoms with Gasteiger partial charge in [0.25, 0.3) is 0 Å². The molecular formula is C15H17N5. The molecule has 0 aliphatic carbocycles. The van der Waals surface area contributed by atoms with Crippen LogP contribution in [0.3, 0.4) is 0 Å². The van der Waals surface area contributed by atoms with Gasteiger partial charge in [-0.3, -0.25) is 0 Å². The van der Waals surface area contributed by atoms with Gasteiger partial charge in [0, 0.05) is 5.56 Å². The lowest BCUT2D eigenvalue weighted by Gasteiger charge is -2.06. The third-order valence-electron chi connectivity index (χ3n) is 2.75. The minimum absolute atomic E-state index is 0.0320. The van der Waals surface area contributed by atoms with E-state index in [4.69, 9.17) is 17.2 Å². The van der Waals surface area contributed by atoms with Crippen LogP contribution < -0.4 is 17.2 Å². The first-order valence-corrected chi connectivity index (χ1v) is 6.16. The third kappa shape index (κ3) is 3.35. The van der Waals surface area contributed by atoms with Crippen LogP contribution in [0.15, 0.2) is 58.5 Å². The lowest BCUT2D eigenvalue weighted by molar-refractivity contribution is 1.38. The van der Waals surface area contributed by atoms with Crippen LogP contribution in [-0.4, -0.2) is 11.9 Å². The predicted molar refractivity (Wildman–Crippen MR) is 83.7 cm³/mol. The average Bonchev–Trinajstić information content (AvgIpc) is 2.39. The quantitative estimate of drug-likeness (QED) is 0.571. The molecular weight excluding hydrogens is 250 g/mol. The van der Waals surface area contributed by atoms with Gasteiger partial charge in [-0.25, -0.2) is 4.99 Å². The molecule has 0 aliphatic heterocycles. The van der Waals surface area contributed by atoms with Crippen molar-refractivity contribution in [2.75, 3.05) is 0 Å². The average molecular weight is 267 g/mol. The standard InChI is InChI=1S/C15H17N5/c1-10-6-8-11(9-7-10)12-4-2-3-5-13(12)19-15(18)20-14(16)17/h2-9H,1H3,(H6,16,17,18,19,20). The summed E-state index contributed by atoms with van der Waals surface area (Å²) >= 11 is 0. The fraction of sp³-hybridized carbons (Fsp3) is 0.0667. The van der Waals surface area contributed by atoms with Gasteiger partial charge in [0.2, 0.25) is 5.96 Å². The predicted octanol–water partition coefficient (Wildman–Crippen LogP) is 1.88. The fourth-order valence-electron chi connectivity index (χ4n) is 1.83. The normalized spacial score (nSPS) is 11.2. The molecule has 2 rings (SSSR count). The topological polar surface area (TPSA) is 103 Å². The molecule has 0 bridgehead atoms. The number of hydrogen-bond donors (Lipinski definition) is 3. The largest absolute Gasteiger partial charge is 0.370 e. The number of hydrogen-bond acceptors (Lipinski definition) is 1. The minimum atomic E-state index is -0.112. The van der Waals surface area contributed by atoms with Crippen LogP contribution in [0.5, 0.6) is 0 Å². The molecule has 20 heavy (non-hydrogen) atoms. The lowest BCUT2D eigenvalue weighted by Crippen LogP contribution is -2.26. The molecule has 102 valence electrons. The number of para-hydroxylation sites is 1. The molecule has 5 heteroatoms. The maximum Gasteiger partial charge on any atom is 0.223 e. The summed E-state index contributed by atoms with van der Waals surface area (Å²) in [6, 6.07) is 15.9. The Kier molecular flexibility index (Phi) is 4.00. The van der Waals surface area contributed by atoms with Crippen molar-refractivity contribution >= 4 is 17.6 Å². The number of rotatable bonds is 2. The molecule has 0 saturated carbocycles. The van der Waals surface area contributed by atoms with Gasteiger partial charge in [-0.05, 0) is 18.6 Å². The highest BCUT2D eigenvalue weighted by molar-refractivity contribution is 5.94. The summed E-state index contributed by atoms with van der Waals surface area (Å²) in [4.78, 5) is 7.97. The van der Waals surface area contributed by atoms with Crippen LogP contribution >= 0.6 is 0 Å². The number of guanidine groups is 2. The van der Waals surface area contributed by atoms with Gasteiger partial charge in [0.15, 0.2) is 5.96 Å². The van der Waals surface area contributed by atoms with Gasteiger partial charge in [-0.1, -0.05) is 48.0 Å². The van der Waals surface area contributed by atoms with Crippen molar-refractivity contribution < 1.29 is 0 Å². The summed E-state index contributed by atoms with van der Waals surface area (Å²) in [5.74, 6) is -0.0800. The van der Waals surface area contributed by atoms with Crippen LogP contribution in [-0.2, 0) is 0 Å². The summed E-state index contributed by atoms with van der Waals surface area (Å²) in [5, 5.41) is 0. The number of nitrogens with zero attached hydrogens (tertiary/aromatic N) is 2. The van der Waals surface area contributed by atoms with E-state index >= 15 is 0 Å². The van der Waals surface area contributed by atoms with Crippen molar-refractivity contribution in [3.8, 4) is 11.1 Å². The first kappa shape index (κ1) is 13.6. The monoisotopic (exact) mass is 267 g/mol. The summed E-state index contributed by atoms with van der Waals surface area (Å²) in [7, 11) is 0. The van der Waals surface area contributed by atoms with Gasteiger partial charge in [-0.2, -0.15) is 4.99 Å². The molecule has 0 radical (unpaired) electrons. The van der Waals surface area contributed by atoms with E-state index in [0.29, 0.717) is 0 Å². The highest BCUT2D eigenvalue weighted by Crippen LogP contribution is 2.30. The Hall–Kier alpha value is -2.82. The van der Waals surface area contributed by atoms with Crippen molar-refractivity contribution in [3.05, 3.63) is 54.1 Å². The Balaban J connectivity index is 2.46. The molecule has 0 aliphatic rings. The maximum absolute atomic E-state index is 5.68. The van der Waals surface area contributed by atoms with Crippen LogP contribution in [0.1, 0.15) is 5.56 Å². The second kappa shape index (κ2) is 5.88. The van der Waals surface area contributed by atoms with Gasteiger partial charge < -0.3 is 17.2 Å². The molecule has 0 aromatic heterocycles. The van der Waals surface area contributed by atoms with Crippen molar-refractivity contribution in [1.82, 2.24) is 0 Å². The summed E-state index contributed by atoms with van der Waals surface area (Å²) in [6.45, 7) is 2.05. The summed E-state index contributed by atoms with van der Waals surface area (Å²) in [5.41, 5.74) is 20.2. The van der Waals surface area contributed by atoms with Crippen LogP contribution in [0.2, 0.25) is 0 Å². The van der Waals surface area contributed by atoms with Crippen molar-refractivity contribution in [3.63, 3.8) is 0 Å². The number of nitrogens with two attached hydrogens (primary N) is 3. The van der Waals surface area contributed by atoms with E-state index in [-0.39, 0.29) is 11.9 Å². The molecule has 0 amide bonds. The Morgan fingerprint density at radius 1 is 0.900 bits per heavy atom. The number of benzene rings is 2. The zero-order valence-corrected chi connectivity index (χ0v) is 11.2. The molecule has 0 fully saturated rings. The summed E-state index contributed by atoms with van der Waals surface area (Å²) in [6.07, 6.45) is 0. The molecule has 0 heterocycles. The Labute approximate surface area is 117 Å². The van der Waals surface area contributed by atoms with Gasteiger partial charge in [0.1, 0.15) is 0 Å². The second-order valence-electron chi connectivity index (χ2n) is 4.39. The fourth-order valence-corrected chi connectivity index (χ4v) is 1.83. The van der Waals surface area contributed by atoms with Gasteiger partial charge in [0.05, 0.1) is 5.69 Å². The zero-order chi connectivity index (χ0) is 14.5. The Morgan fingerprint density at radius 2 is 1.55 bits per heavy atom. The van der Waals surface area contributed by atoms with E-state index in [1.165, 1.54) is 5.56 Å². The molecule has 0 unspecified atom stereocenters. The molecule has 6 N–H and O–H groups in total. The van der Waals surface area contributed by atoms with Gasteiger partial charge in [-0.15, -0.1) is 0 Å². The lowest BCUT2D eigenvalue weighted by atomic mass is 10.0. The van der Waals surface area contributed by atoms with Crippen LogP contribution in [0.4, 0.5) is 5.69 Å².